The van der Waals surface area contributed by atoms with Crippen molar-refractivity contribution in [2.24, 2.45) is 7.05 Å². The average Bonchev–Trinajstić information content (AvgIpc) is 2.71. The Kier molecular flexibility index (Phi) is 2.03. The molecule has 0 radical (unpaired) electrons. The molecule has 0 spiro atoms. The maximum atomic E-state index is 10.7. The topological polar surface area (TPSA) is 81.2 Å². The van der Waals surface area contributed by atoms with E-state index in [1.807, 2.05) is 0 Å². The van der Waals surface area contributed by atoms with Crippen LogP contribution in [0.3, 0.4) is 0 Å². The highest BCUT2D eigenvalue weighted by Crippen LogP contribution is 2.24. The van der Waals surface area contributed by atoms with Gasteiger partial charge < -0.3 is 9.52 Å². The van der Waals surface area contributed by atoms with Crippen molar-refractivity contribution in [3.05, 3.63) is 23.7 Å². The van der Waals surface area contributed by atoms with Gasteiger partial charge in [-0.05, 0) is 18.6 Å². The van der Waals surface area contributed by atoms with Gasteiger partial charge in [-0.25, -0.2) is 14.5 Å². The van der Waals surface area contributed by atoms with Crippen LogP contribution in [0.25, 0.3) is 11.6 Å². The summed E-state index contributed by atoms with van der Waals surface area (Å²) in [5.41, 5.74) is 0.725. The number of aromatic nitrogens is 3. The van der Waals surface area contributed by atoms with Gasteiger partial charge in [0, 0.05) is 7.05 Å². The van der Waals surface area contributed by atoms with Gasteiger partial charge in [0.2, 0.25) is 5.76 Å². The molecule has 0 aliphatic heterocycles. The first-order valence-corrected chi connectivity index (χ1v) is 4.27. The number of hydrogen-bond donors (Lipinski definition) is 1. The fourth-order valence-electron chi connectivity index (χ4n) is 1.31. The molecule has 1 N–H and O–H groups in total. The number of nitrogens with zero attached hydrogens (tertiary/aromatic N) is 3. The highest BCUT2D eigenvalue weighted by Gasteiger charge is 2.17. The van der Waals surface area contributed by atoms with Crippen LogP contribution in [0, 0.1) is 6.92 Å². The third-order valence-corrected chi connectivity index (χ3v) is 2.04. The third kappa shape index (κ3) is 1.50. The number of carboxylic acids is 1. The molecule has 2 heterocycles. The summed E-state index contributed by atoms with van der Waals surface area (Å²) in [6.07, 6.45) is 1.39. The smallest absolute Gasteiger partial charge is 0.371 e. The first kappa shape index (κ1) is 9.45. The Morgan fingerprint density at radius 1 is 1.60 bits per heavy atom. The van der Waals surface area contributed by atoms with E-state index >= 15 is 0 Å². The van der Waals surface area contributed by atoms with Crippen LogP contribution in [0.4, 0.5) is 0 Å². The Hall–Kier alpha value is -2.11. The van der Waals surface area contributed by atoms with Gasteiger partial charge in [0.25, 0.3) is 0 Å². The fraction of sp³-hybridized carbons (Fsp3) is 0.222. The summed E-state index contributed by atoms with van der Waals surface area (Å²) < 4.78 is 6.70. The van der Waals surface area contributed by atoms with Crippen LogP contribution in [0.15, 0.2) is 16.8 Å². The number of rotatable bonds is 2. The second-order valence-electron chi connectivity index (χ2n) is 3.14. The summed E-state index contributed by atoms with van der Waals surface area (Å²) >= 11 is 0. The molecule has 0 aliphatic carbocycles. The molecule has 0 unspecified atom stereocenters. The summed E-state index contributed by atoms with van der Waals surface area (Å²) in [6.45, 7) is 1.76. The number of carbonyl (C=O) groups is 1. The van der Waals surface area contributed by atoms with E-state index in [9.17, 15) is 4.79 Å². The van der Waals surface area contributed by atoms with Gasteiger partial charge in [-0.3, -0.25) is 0 Å². The van der Waals surface area contributed by atoms with Crippen molar-refractivity contribution in [1.82, 2.24) is 14.8 Å². The van der Waals surface area contributed by atoms with Crippen molar-refractivity contribution in [2.75, 3.05) is 0 Å². The second kappa shape index (κ2) is 3.23. The van der Waals surface area contributed by atoms with Crippen LogP contribution in [0.5, 0.6) is 0 Å². The minimum atomic E-state index is -1.09. The van der Waals surface area contributed by atoms with Gasteiger partial charge in [-0.2, -0.15) is 5.10 Å². The average molecular weight is 207 g/mol. The summed E-state index contributed by atoms with van der Waals surface area (Å²) in [4.78, 5) is 14.7. The largest absolute Gasteiger partial charge is 0.475 e. The summed E-state index contributed by atoms with van der Waals surface area (Å²) in [5, 5.41) is 12.6. The predicted octanol–water partition coefficient (Wildman–Crippen LogP) is 1.08. The van der Waals surface area contributed by atoms with Crippen LogP contribution in [0.2, 0.25) is 0 Å². The Labute approximate surface area is 85.2 Å². The molecule has 6 nitrogen and oxygen atoms in total. The van der Waals surface area contributed by atoms with Crippen molar-refractivity contribution in [2.45, 2.75) is 6.92 Å². The zero-order valence-corrected chi connectivity index (χ0v) is 8.26. The van der Waals surface area contributed by atoms with E-state index in [-0.39, 0.29) is 5.76 Å². The first-order chi connectivity index (χ1) is 7.09. The molecule has 0 saturated heterocycles. The summed E-state index contributed by atoms with van der Waals surface area (Å²) in [5.74, 6) is -0.232. The highest BCUT2D eigenvalue weighted by molar-refractivity contribution is 5.85. The zero-order chi connectivity index (χ0) is 11.0. The van der Waals surface area contributed by atoms with Crippen LogP contribution >= 0.6 is 0 Å². The molecule has 2 rings (SSSR count). The van der Waals surface area contributed by atoms with Gasteiger partial charge >= 0.3 is 5.97 Å². The van der Waals surface area contributed by atoms with E-state index in [0.717, 1.165) is 5.56 Å². The molecule has 2 aromatic heterocycles. The number of aryl methyl sites for hydroxylation is 2. The molecule has 0 amide bonds. The van der Waals surface area contributed by atoms with Crippen molar-refractivity contribution >= 4 is 5.97 Å². The van der Waals surface area contributed by atoms with Gasteiger partial charge in [0.1, 0.15) is 6.33 Å². The Morgan fingerprint density at radius 2 is 2.33 bits per heavy atom. The van der Waals surface area contributed by atoms with E-state index in [1.165, 1.54) is 17.1 Å². The SMILES string of the molecule is Cc1cc(C(=O)O)oc1-c1ncnn1C. The lowest BCUT2D eigenvalue weighted by atomic mass is 10.2. The maximum absolute atomic E-state index is 10.7. The minimum absolute atomic E-state index is 0.0921. The van der Waals surface area contributed by atoms with Gasteiger partial charge in [-0.15, -0.1) is 0 Å². The number of carboxylic acid groups (broad SMARTS) is 1. The van der Waals surface area contributed by atoms with Crippen molar-refractivity contribution in [3.63, 3.8) is 0 Å². The lowest BCUT2D eigenvalue weighted by Crippen LogP contribution is -1.94. The highest BCUT2D eigenvalue weighted by atomic mass is 16.4. The fourth-order valence-corrected chi connectivity index (χ4v) is 1.31. The third-order valence-electron chi connectivity index (χ3n) is 2.04. The monoisotopic (exact) mass is 207 g/mol. The molecular weight excluding hydrogens is 198 g/mol. The van der Waals surface area contributed by atoms with Crippen LogP contribution in [-0.2, 0) is 7.05 Å². The van der Waals surface area contributed by atoms with Crippen LogP contribution in [0.1, 0.15) is 16.1 Å². The van der Waals surface area contributed by atoms with Gasteiger partial charge in [0.05, 0.1) is 0 Å². The lowest BCUT2D eigenvalue weighted by Gasteiger charge is -1.96. The maximum Gasteiger partial charge on any atom is 0.371 e. The molecule has 15 heavy (non-hydrogen) atoms. The van der Waals surface area contributed by atoms with E-state index in [2.05, 4.69) is 10.1 Å². The molecule has 0 aromatic carbocycles. The Morgan fingerprint density at radius 3 is 2.80 bits per heavy atom. The van der Waals surface area contributed by atoms with E-state index in [0.29, 0.717) is 11.6 Å². The van der Waals surface area contributed by atoms with Crippen molar-refractivity contribution < 1.29 is 14.3 Å². The number of aromatic carboxylic acids is 1. The summed E-state index contributed by atoms with van der Waals surface area (Å²) in [6, 6.07) is 1.46. The minimum Gasteiger partial charge on any atom is -0.475 e. The normalized spacial score (nSPS) is 10.5. The molecule has 0 atom stereocenters. The first-order valence-electron chi connectivity index (χ1n) is 4.27. The van der Waals surface area contributed by atoms with E-state index < -0.39 is 5.97 Å². The Balaban J connectivity index is 2.54. The van der Waals surface area contributed by atoms with Crippen LogP contribution < -0.4 is 0 Å². The molecule has 0 bridgehead atoms. The van der Waals surface area contributed by atoms with Crippen molar-refractivity contribution in [3.8, 4) is 11.6 Å². The Bertz CT molecular complexity index is 512. The van der Waals surface area contributed by atoms with Crippen LogP contribution in [-0.4, -0.2) is 25.8 Å². The molecule has 0 fully saturated rings. The second-order valence-corrected chi connectivity index (χ2v) is 3.14. The molecule has 6 heteroatoms. The number of furan rings is 1. The zero-order valence-electron chi connectivity index (χ0n) is 8.26. The van der Waals surface area contributed by atoms with E-state index in [4.69, 9.17) is 9.52 Å². The lowest BCUT2D eigenvalue weighted by molar-refractivity contribution is 0.0663. The molecule has 0 saturated carbocycles. The quantitative estimate of drug-likeness (QED) is 0.796. The predicted molar refractivity (Wildman–Crippen MR) is 50.4 cm³/mol. The van der Waals surface area contributed by atoms with E-state index in [1.54, 1.807) is 14.0 Å². The van der Waals surface area contributed by atoms with Gasteiger partial charge in [0.15, 0.2) is 11.6 Å². The molecule has 78 valence electrons. The van der Waals surface area contributed by atoms with Crippen molar-refractivity contribution in [1.29, 1.82) is 0 Å². The molecule has 2 aromatic rings. The van der Waals surface area contributed by atoms with Gasteiger partial charge in [-0.1, -0.05) is 0 Å². The molecule has 0 aliphatic rings. The number of hydrogen-bond acceptors (Lipinski definition) is 4. The molecular formula is C9H9N3O3. The summed E-state index contributed by atoms with van der Waals surface area (Å²) in [7, 11) is 1.71. The standard InChI is InChI=1S/C9H9N3O3/c1-5-3-6(9(13)14)15-7(5)8-10-4-11-12(8)2/h3-4H,1-2H3,(H,13,14).